The standard InChI is InChI=1S/C22H20N2O6/c1-3-10-5-12(25)6-11-7-13-18(23-17(10)11)16-8-15-14(20(27)24(16)19(13)26)9-30-21(28)22(15,29)4-2/h5-8,19,25-26,29H,3-4,9H2,1-2H3/t19?,22-/m0/s1. The fourth-order valence-electron chi connectivity index (χ4n) is 4.47. The van der Waals surface area contributed by atoms with Crippen molar-refractivity contribution in [2.75, 3.05) is 0 Å². The number of benzene rings is 1. The van der Waals surface area contributed by atoms with E-state index in [4.69, 9.17) is 9.72 Å². The molecule has 3 N–H and O–H groups in total. The minimum Gasteiger partial charge on any atom is -0.508 e. The molecule has 154 valence electrons. The Balaban J connectivity index is 1.85. The fourth-order valence-corrected chi connectivity index (χ4v) is 4.47. The Kier molecular flexibility index (Phi) is 3.84. The van der Waals surface area contributed by atoms with Crippen molar-refractivity contribution in [1.29, 1.82) is 0 Å². The summed E-state index contributed by atoms with van der Waals surface area (Å²) < 4.78 is 6.25. The monoisotopic (exact) mass is 408 g/mol. The highest BCUT2D eigenvalue weighted by atomic mass is 16.6. The van der Waals surface area contributed by atoms with Crippen LogP contribution in [-0.4, -0.2) is 30.8 Å². The number of aromatic nitrogens is 2. The number of fused-ring (bicyclic) bond motifs is 5. The molecule has 0 amide bonds. The summed E-state index contributed by atoms with van der Waals surface area (Å²) in [6, 6.07) is 6.47. The van der Waals surface area contributed by atoms with Gasteiger partial charge in [0.1, 0.15) is 12.4 Å². The SMILES string of the molecule is CCc1cc(O)cc2cc3c(nc12)-c1cc2c(c(=O)n1C3O)COC(=O)[C@]2(O)CC. The third-order valence-electron chi connectivity index (χ3n) is 6.14. The second-order valence-corrected chi connectivity index (χ2v) is 7.72. The van der Waals surface area contributed by atoms with Crippen LogP contribution in [0, 0.1) is 0 Å². The second-order valence-electron chi connectivity index (χ2n) is 7.72. The van der Waals surface area contributed by atoms with Crippen LogP contribution in [0.3, 0.4) is 0 Å². The summed E-state index contributed by atoms with van der Waals surface area (Å²) in [7, 11) is 0. The number of aromatic hydroxyl groups is 1. The molecule has 0 spiro atoms. The van der Waals surface area contributed by atoms with Crippen molar-refractivity contribution in [2.45, 2.75) is 45.1 Å². The lowest BCUT2D eigenvalue weighted by Gasteiger charge is -2.31. The number of phenols is 1. The molecule has 3 aromatic rings. The summed E-state index contributed by atoms with van der Waals surface area (Å²) in [6.45, 7) is 3.32. The Morgan fingerprint density at radius 3 is 2.70 bits per heavy atom. The Morgan fingerprint density at radius 2 is 2.00 bits per heavy atom. The molecule has 8 heteroatoms. The number of pyridine rings is 2. The first-order valence-corrected chi connectivity index (χ1v) is 9.83. The zero-order valence-corrected chi connectivity index (χ0v) is 16.5. The van der Waals surface area contributed by atoms with E-state index in [9.17, 15) is 24.9 Å². The topological polar surface area (TPSA) is 122 Å². The van der Waals surface area contributed by atoms with Crippen LogP contribution in [0.5, 0.6) is 5.75 Å². The minimum absolute atomic E-state index is 0.0432. The number of nitrogens with zero attached hydrogens (tertiary/aromatic N) is 2. The Bertz CT molecular complexity index is 1310. The normalized spacial score (nSPS) is 21.9. The van der Waals surface area contributed by atoms with Crippen LogP contribution >= 0.6 is 0 Å². The molecule has 1 aromatic carbocycles. The molecule has 4 heterocycles. The summed E-state index contributed by atoms with van der Waals surface area (Å²) in [5.41, 5.74) is 0.531. The minimum atomic E-state index is -1.92. The molecule has 8 nitrogen and oxygen atoms in total. The molecule has 0 saturated heterocycles. The highest BCUT2D eigenvalue weighted by molar-refractivity contribution is 5.89. The molecule has 5 rings (SSSR count). The van der Waals surface area contributed by atoms with Gasteiger partial charge < -0.3 is 20.1 Å². The summed E-state index contributed by atoms with van der Waals surface area (Å²) in [5, 5.41) is 32.5. The largest absolute Gasteiger partial charge is 0.508 e. The first-order chi connectivity index (χ1) is 14.3. The molecule has 2 atom stereocenters. The van der Waals surface area contributed by atoms with Crippen molar-refractivity contribution >= 4 is 16.9 Å². The maximum absolute atomic E-state index is 13.2. The summed E-state index contributed by atoms with van der Waals surface area (Å²) >= 11 is 0. The lowest BCUT2D eigenvalue weighted by molar-refractivity contribution is -0.172. The van der Waals surface area contributed by atoms with Crippen LogP contribution in [0.1, 0.15) is 48.8 Å². The first-order valence-electron chi connectivity index (χ1n) is 9.83. The average Bonchev–Trinajstić information content (AvgIpc) is 3.00. The van der Waals surface area contributed by atoms with Crippen LogP contribution in [0.25, 0.3) is 22.3 Å². The predicted octanol–water partition coefficient (Wildman–Crippen LogP) is 1.84. The number of rotatable bonds is 2. The van der Waals surface area contributed by atoms with Crippen molar-refractivity contribution in [3.8, 4) is 17.1 Å². The van der Waals surface area contributed by atoms with Crippen LogP contribution < -0.4 is 5.56 Å². The second kappa shape index (κ2) is 6.13. The maximum Gasteiger partial charge on any atom is 0.343 e. The van der Waals surface area contributed by atoms with E-state index in [0.29, 0.717) is 34.3 Å². The predicted molar refractivity (Wildman–Crippen MR) is 107 cm³/mol. The van der Waals surface area contributed by atoms with Crippen LogP contribution in [0.4, 0.5) is 0 Å². The highest BCUT2D eigenvalue weighted by Crippen LogP contribution is 2.42. The zero-order chi connectivity index (χ0) is 21.4. The van der Waals surface area contributed by atoms with Gasteiger partial charge in [0, 0.05) is 16.5 Å². The van der Waals surface area contributed by atoms with E-state index in [1.54, 1.807) is 31.2 Å². The van der Waals surface area contributed by atoms with Gasteiger partial charge in [-0.15, -0.1) is 0 Å². The van der Waals surface area contributed by atoms with Gasteiger partial charge in [-0.3, -0.25) is 9.36 Å². The number of esters is 1. The van der Waals surface area contributed by atoms with E-state index in [1.807, 2.05) is 6.92 Å². The fraction of sp³-hybridized carbons (Fsp3) is 0.318. The lowest BCUT2D eigenvalue weighted by atomic mass is 9.86. The third kappa shape index (κ3) is 2.26. The van der Waals surface area contributed by atoms with Gasteiger partial charge in [0.25, 0.3) is 5.56 Å². The highest BCUT2D eigenvalue weighted by Gasteiger charge is 2.46. The summed E-state index contributed by atoms with van der Waals surface area (Å²) in [5.74, 6) is -0.696. The number of ether oxygens (including phenoxy) is 1. The molecule has 0 fully saturated rings. The van der Waals surface area contributed by atoms with Crippen LogP contribution in [-0.2, 0) is 28.2 Å². The molecular formula is C22H20N2O6. The summed E-state index contributed by atoms with van der Waals surface area (Å²) in [4.78, 5) is 30.2. The van der Waals surface area contributed by atoms with Crippen LogP contribution in [0.15, 0.2) is 29.1 Å². The van der Waals surface area contributed by atoms with Crippen molar-refractivity contribution in [2.24, 2.45) is 0 Å². The molecule has 0 saturated carbocycles. The van der Waals surface area contributed by atoms with Crippen molar-refractivity contribution in [3.05, 3.63) is 56.9 Å². The van der Waals surface area contributed by atoms with Gasteiger partial charge >= 0.3 is 5.97 Å². The van der Waals surface area contributed by atoms with Gasteiger partial charge in [0.05, 0.1) is 22.5 Å². The number of carbonyl (C=O) groups is 1. The summed E-state index contributed by atoms with van der Waals surface area (Å²) in [6.07, 6.45) is -0.594. The van der Waals surface area contributed by atoms with E-state index in [0.717, 1.165) is 5.56 Å². The van der Waals surface area contributed by atoms with Gasteiger partial charge in [-0.1, -0.05) is 13.8 Å². The van der Waals surface area contributed by atoms with E-state index in [-0.39, 0.29) is 29.9 Å². The first kappa shape index (κ1) is 18.8. The zero-order valence-electron chi connectivity index (χ0n) is 16.5. The van der Waals surface area contributed by atoms with Gasteiger partial charge in [-0.05, 0) is 42.7 Å². The number of aryl methyl sites for hydroxylation is 1. The Hall–Kier alpha value is -3.23. The van der Waals surface area contributed by atoms with E-state index in [2.05, 4.69) is 0 Å². The van der Waals surface area contributed by atoms with Gasteiger partial charge in [-0.25, -0.2) is 9.78 Å². The van der Waals surface area contributed by atoms with Crippen molar-refractivity contribution in [1.82, 2.24) is 9.55 Å². The molecule has 1 unspecified atom stereocenters. The molecule has 2 aromatic heterocycles. The number of hydrogen-bond acceptors (Lipinski definition) is 7. The number of aliphatic hydroxyl groups excluding tert-OH is 1. The molecule has 0 bridgehead atoms. The molecule has 2 aliphatic heterocycles. The molecular weight excluding hydrogens is 388 g/mol. The smallest absolute Gasteiger partial charge is 0.343 e. The van der Waals surface area contributed by atoms with Gasteiger partial charge in [0.2, 0.25) is 0 Å². The number of hydrogen-bond donors (Lipinski definition) is 3. The van der Waals surface area contributed by atoms with Crippen LogP contribution in [0.2, 0.25) is 0 Å². The number of phenolic OH excluding ortho intramolecular Hbond substituents is 1. The molecule has 0 radical (unpaired) electrons. The van der Waals surface area contributed by atoms with E-state index < -0.39 is 23.4 Å². The molecule has 30 heavy (non-hydrogen) atoms. The van der Waals surface area contributed by atoms with E-state index in [1.165, 1.54) is 4.57 Å². The number of cyclic esters (lactones) is 1. The third-order valence-corrected chi connectivity index (χ3v) is 6.14. The van der Waals surface area contributed by atoms with Gasteiger partial charge in [-0.2, -0.15) is 0 Å². The Labute approximate surface area is 171 Å². The van der Waals surface area contributed by atoms with Crippen molar-refractivity contribution in [3.63, 3.8) is 0 Å². The van der Waals surface area contributed by atoms with Gasteiger partial charge in [0.15, 0.2) is 11.8 Å². The van der Waals surface area contributed by atoms with Crippen molar-refractivity contribution < 1.29 is 24.9 Å². The molecule has 0 aliphatic carbocycles. The maximum atomic E-state index is 13.2. The average molecular weight is 408 g/mol. The number of aliphatic hydroxyl groups is 2. The Morgan fingerprint density at radius 1 is 1.23 bits per heavy atom. The molecule has 2 aliphatic rings. The lowest BCUT2D eigenvalue weighted by Crippen LogP contribution is -2.44. The number of carbonyl (C=O) groups excluding carboxylic acids is 1. The quantitative estimate of drug-likeness (QED) is 0.553. The van der Waals surface area contributed by atoms with E-state index >= 15 is 0 Å².